The van der Waals surface area contributed by atoms with Gasteiger partial charge in [-0.3, -0.25) is 0 Å². The first kappa shape index (κ1) is 17.0. The van der Waals surface area contributed by atoms with Crippen molar-refractivity contribution < 1.29 is 0 Å². The maximum Gasteiger partial charge on any atom is 0.00672 e. The van der Waals surface area contributed by atoms with Crippen LogP contribution in [0.15, 0.2) is 0 Å². The Hall–Kier alpha value is -0.0400. The van der Waals surface area contributed by atoms with Crippen molar-refractivity contribution in [3.05, 3.63) is 0 Å². The first-order valence-electron chi connectivity index (χ1n) is 9.03. The van der Waals surface area contributed by atoms with Gasteiger partial charge in [0.1, 0.15) is 0 Å². The number of unbranched alkanes of at least 4 members (excludes halogenated alkanes) is 7. The number of rotatable bonds is 11. The fourth-order valence-electron chi connectivity index (χ4n) is 3.62. The summed E-state index contributed by atoms with van der Waals surface area (Å²) < 4.78 is 0. The highest BCUT2D eigenvalue weighted by Crippen LogP contribution is 2.35. The molecule has 0 heterocycles. The van der Waals surface area contributed by atoms with E-state index in [-0.39, 0.29) is 0 Å². The molecule has 1 rings (SSSR count). The molecule has 0 aliphatic heterocycles. The summed E-state index contributed by atoms with van der Waals surface area (Å²) in [6.07, 6.45) is 18.2. The zero-order valence-electron chi connectivity index (χ0n) is 13.5. The van der Waals surface area contributed by atoms with E-state index >= 15 is 0 Å². The summed E-state index contributed by atoms with van der Waals surface area (Å²) in [6, 6.07) is 0.497. The lowest BCUT2D eigenvalue weighted by Crippen LogP contribution is -2.28. The molecule has 0 amide bonds. The van der Waals surface area contributed by atoms with E-state index in [0.29, 0.717) is 6.04 Å². The highest BCUT2D eigenvalue weighted by molar-refractivity contribution is 4.82. The van der Waals surface area contributed by atoms with Gasteiger partial charge < -0.3 is 5.73 Å². The van der Waals surface area contributed by atoms with E-state index in [1.54, 1.807) is 0 Å². The van der Waals surface area contributed by atoms with Crippen LogP contribution in [0.3, 0.4) is 0 Å². The van der Waals surface area contributed by atoms with Crippen molar-refractivity contribution in [1.82, 2.24) is 0 Å². The molecule has 1 heteroatoms. The molecule has 0 bridgehead atoms. The molecule has 114 valence electrons. The van der Waals surface area contributed by atoms with Gasteiger partial charge in [-0.15, -0.1) is 0 Å². The highest BCUT2D eigenvalue weighted by Gasteiger charge is 2.27. The topological polar surface area (TPSA) is 26.0 Å². The van der Waals surface area contributed by atoms with Crippen molar-refractivity contribution in [2.45, 2.75) is 103 Å². The lowest BCUT2D eigenvalue weighted by atomic mass is 9.92. The Bertz CT molecular complexity index is 202. The summed E-state index contributed by atoms with van der Waals surface area (Å²) >= 11 is 0. The fraction of sp³-hybridized carbons (Fsp3) is 1.00. The average Bonchev–Trinajstić information content (AvgIpc) is 2.90. The van der Waals surface area contributed by atoms with E-state index in [0.717, 1.165) is 11.8 Å². The largest absolute Gasteiger partial charge is 0.327 e. The van der Waals surface area contributed by atoms with Crippen LogP contribution in [0.2, 0.25) is 0 Å². The predicted molar refractivity (Wildman–Crippen MR) is 86.3 cm³/mol. The second-order valence-electron chi connectivity index (χ2n) is 6.77. The Balaban J connectivity index is 1.91. The first-order chi connectivity index (χ1) is 9.27. The Morgan fingerprint density at radius 2 is 1.53 bits per heavy atom. The van der Waals surface area contributed by atoms with E-state index in [1.807, 2.05) is 0 Å². The van der Waals surface area contributed by atoms with Crippen molar-refractivity contribution in [2.24, 2.45) is 17.6 Å². The zero-order valence-corrected chi connectivity index (χ0v) is 13.5. The second kappa shape index (κ2) is 10.7. The molecule has 1 fully saturated rings. The molecule has 0 radical (unpaired) electrons. The Morgan fingerprint density at radius 3 is 2.11 bits per heavy atom. The summed E-state index contributed by atoms with van der Waals surface area (Å²) in [7, 11) is 0. The van der Waals surface area contributed by atoms with Crippen LogP contribution in [0.25, 0.3) is 0 Å². The molecule has 1 aliphatic carbocycles. The van der Waals surface area contributed by atoms with Crippen LogP contribution >= 0.6 is 0 Å². The van der Waals surface area contributed by atoms with Crippen molar-refractivity contribution in [3.63, 3.8) is 0 Å². The van der Waals surface area contributed by atoms with E-state index in [1.165, 1.54) is 83.5 Å². The maximum absolute atomic E-state index is 6.38. The lowest BCUT2D eigenvalue weighted by Gasteiger charge is -2.19. The van der Waals surface area contributed by atoms with Crippen molar-refractivity contribution >= 4 is 0 Å². The van der Waals surface area contributed by atoms with Crippen LogP contribution in [-0.2, 0) is 0 Å². The van der Waals surface area contributed by atoms with Crippen LogP contribution in [0, 0.1) is 11.8 Å². The van der Waals surface area contributed by atoms with Gasteiger partial charge in [-0.1, -0.05) is 78.1 Å². The van der Waals surface area contributed by atoms with E-state index in [9.17, 15) is 0 Å². The third kappa shape index (κ3) is 7.34. The number of hydrogen-bond acceptors (Lipinski definition) is 1. The molecule has 0 aromatic heterocycles. The van der Waals surface area contributed by atoms with E-state index in [2.05, 4.69) is 13.8 Å². The maximum atomic E-state index is 6.38. The third-order valence-corrected chi connectivity index (χ3v) is 5.16. The molecule has 19 heavy (non-hydrogen) atoms. The molecule has 0 aromatic carbocycles. The van der Waals surface area contributed by atoms with E-state index in [4.69, 9.17) is 5.73 Å². The molecule has 2 N–H and O–H groups in total. The van der Waals surface area contributed by atoms with E-state index < -0.39 is 0 Å². The molecule has 0 saturated heterocycles. The molecular formula is C18H37N. The van der Waals surface area contributed by atoms with Crippen LogP contribution < -0.4 is 5.73 Å². The number of nitrogens with two attached hydrogens (primary N) is 1. The minimum atomic E-state index is 0.497. The lowest BCUT2D eigenvalue weighted by molar-refractivity contribution is 0.378. The van der Waals surface area contributed by atoms with Gasteiger partial charge in [0.05, 0.1) is 0 Å². The fourth-order valence-corrected chi connectivity index (χ4v) is 3.62. The van der Waals surface area contributed by atoms with Crippen molar-refractivity contribution in [1.29, 1.82) is 0 Å². The highest BCUT2D eigenvalue weighted by atomic mass is 14.7. The summed E-state index contributed by atoms with van der Waals surface area (Å²) in [4.78, 5) is 0. The van der Waals surface area contributed by atoms with Gasteiger partial charge in [-0.05, 0) is 31.1 Å². The Morgan fingerprint density at radius 1 is 0.895 bits per heavy atom. The molecule has 1 nitrogen and oxygen atoms in total. The second-order valence-corrected chi connectivity index (χ2v) is 6.77. The minimum absolute atomic E-state index is 0.497. The van der Waals surface area contributed by atoms with Crippen molar-refractivity contribution in [3.8, 4) is 0 Å². The predicted octanol–water partition coefficient (Wildman–Crippen LogP) is 5.67. The van der Waals surface area contributed by atoms with Gasteiger partial charge in [-0.25, -0.2) is 0 Å². The smallest absolute Gasteiger partial charge is 0.00672 e. The van der Waals surface area contributed by atoms with Crippen LogP contribution in [0.4, 0.5) is 0 Å². The Kier molecular flexibility index (Phi) is 9.59. The summed E-state index contributed by atoms with van der Waals surface area (Å²) in [5, 5.41) is 0. The summed E-state index contributed by atoms with van der Waals surface area (Å²) in [5.41, 5.74) is 6.38. The summed E-state index contributed by atoms with van der Waals surface area (Å²) in [6.45, 7) is 4.62. The van der Waals surface area contributed by atoms with Gasteiger partial charge in [0.2, 0.25) is 0 Å². The van der Waals surface area contributed by atoms with Gasteiger partial charge in [0, 0.05) is 6.04 Å². The van der Waals surface area contributed by atoms with Gasteiger partial charge in [0.15, 0.2) is 0 Å². The summed E-state index contributed by atoms with van der Waals surface area (Å²) in [5.74, 6) is 1.82. The van der Waals surface area contributed by atoms with Gasteiger partial charge in [0.25, 0.3) is 0 Å². The van der Waals surface area contributed by atoms with Crippen LogP contribution in [0.1, 0.15) is 97.3 Å². The molecule has 1 aliphatic rings. The molecule has 1 saturated carbocycles. The quantitative estimate of drug-likeness (QED) is 0.479. The molecule has 0 aromatic rings. The van der Waals surface area contributed by atoms with Crippen molar-refractivity contribution in [2.75, 3.05) is 0 Å². The molecule has 0 spiro atoms. The normalized spacial score (nSPS) is 24.8. The first-order valence-corrected chi connectivity index (χ1v) is 9.03. The van der Waals surface area contributed by atoms with Crippen LogP contribution in [0.5, 0.6) is 0 Å². The molecule has 3 unspecified atom stereocenters. The third-order valence-electron chi connectivity index (χ3n) is 5.16. The average molecular weight is 268 g/mol. The standard InChI is InChI=1S/C18H37N/c1-3-5-6-7-8-9-10-11-12-18(19)17-14-13-16(4-2)15-17/h16-18H,3-15,19H2,1-2H3. The van der Waals surface area contributed by atoms with Crippen LogP contribution in [-0.4, -0.2) is 6.04 Å². The molecular weight excluding hydrogens is 230 g/mol. The monoisotopic (exact) mass is 267 g/mol. The van der Waals surface area contributed by atoms with Gasteiger partial charge >= 0.3 is 0 Å². The minimum Gasteiger partial charge on any atom is -0.327 e. The SMILES string of the molecule is CCCCCCCCCCC(N)C1CCC(CC)C1. The number of hydrogen-bond donors (Lipinski definition) is 1. The zero-order chi connectivity index (χ0) is 13.9. The van der Waals surface area contributed by atoms with Gasteiger partial charge in [-0.2, -0.15) is 0 Å². The molecule has 3 atom stereocenters. The Labute approximate surface area is 121 Å².